The van der Waals surface area contributed by atoms with Gasteiger partial charge >= 0.3 is 5.97 Å². The number of nitrogens with zero attached hydrogens (tertiary/aromatic N) is 1. The second kappa shape index (κ2) is 7.48. The molecule has 28 heavy (non-hydrogen) atoms. The largest absolute Gasteiger partial charge is 0.468 e. The molecule has 0 radical (unpaired) electrons. The number of carbonyl (C=O) groups excluding carboxylic acids is 3. The third-order valence-corrected chi connectivity index (χ3v) is 5.84. The third-order valence-electron chi connectivity index (χ3n) is 4.69. The van der Waals surface area contributed by atoms with Crippen LogP contribution in [0.4, 0.5) is 0 Å². The molecule has 0 aromatic heterocycles. The fourth-order valence-corrected chi connectivity index (χ4v) is 4.35. The molecule has 1 aliphatic rings. The number of ether oxygens (including phenoxy) is 1. The van der Waals surface area contributed by atoms with Crippen molar-refractivity contribution in [1.29, 1.82) is 0 Å². The number of amides is 2. The Bertz CT molecular complexity index is 1060. The molecule has 3 aromatic rings. The third kappa shape index (κ3) is 3.27. The van der Waals surface area contributed by atoms with Gasteiger partial charge < -0.3 is 4.74 Å². The number of carbonyl (C=O) groups is 3. The highest BCUT2D eigenvalue weighted by molar-refractivity contribution is 8.00. The topological polar surface area (TPSA) is 63.7 Å². The monoisotopic (exact) mass is 391 g/mol. The Labute approximate surface area is 166 Å². The van der Waals surface area contributed by atoms with Gasteiger partial charge in [0, 0.05) is 4.90 Å². The number of thioether (sulfide) groups is 1. The second-order valence-electron chi connectivity index (χ2n) is 6.41. The lowest BCUT2D eigenvalue weighted by atomic mass is 10.1. The van der Waals surface area contributed by atoms with E-state index in [1.807, 2.05) is 42.5 Å². The molecule has 2 amide bonds. The summed E-state index contributed by atoms with van der Waals surface area (Å²) in [6.07, 6.45) is 0. The van der Waals surface area contributed by atoms with Crippen molar-refractivity contribution in [3.8, 4) is 0 Å². The highest BCUT2D eigenvalue weighted by atomic mass is 32.2. The number of hydrogen-bond donors (Lipinski definition) is 0. The summed E-state index contributed by atoms with van der Waals surface area (Å²) >= 11 is 1.29. The van der Waals surface area contributed by atoms with Gasteiger partial charge in [0.1, 0.15) is 5.25 Å². The summed E-state index contributed by atoms with van der Waals surface area (Å²) in [5, 5.41) is 1.44. The molecule has 1 heterocycles. The Morgan fingerprint density at radius 1 is 0.929 bits per heavy atom. The maximum atomic E-state index is 12.6. The molecule has 0 saturated heterocycles. The van der Waals surface area contributed by atoms with Crippen molar-refractivity contribution < 1.29 is 19.1 Å². The Balaban J connectivity index is 1.59. The van der Waals surface area contributed by atoms with Crippen LogP contribution in [-0.4, -0.2) is 41.6 Å². The first-order valence-electron chi connectivity index (χ1n) is 8.77. The molecule has 1 unspecified atom stereocenters. The van der Waals surface area contributed by atoms with Crippen LogP contribution in [0.5, 0.6) is 0 Å². The smallest absolute Gasteiger partial charge is 0.321 e. The summed E-state index contributed by atoms with van der Waals surface area (Å²) in [5.74, 6) is -1.24. The van der Waals surface area contributed by atoms with Crippen molar-refractivity contribution in [2.75, 3.05) is 13.7 Å². The van der Waals surface area contributed by atoms with Crippen molar-refractivity contribution in [3.63, 3.8) is 0 Å². The van der Waals surface area contributed by atoms with Gasteiger partial charge in [-0.2, -0.15) is 0 Å². The van der Waals surface area contributed by atoms with Crippen molar-refractivity contribution in [2.45, 2.75) is 10.1 Å². The maximum Gasteiger partial charge on any atom is 0.321 e. The predicted octanol–water partition coefficient (Wildman–Crippen LogP) is 3.77. The summed E-state index contributed by atoms with van der Waals surface area (Å²) in [5.41, 5.74) is 0.735. The van der Waals surface area contributed by atoms with E-state index in [1.54, 1.807) is 24.3 Å². The minimum absolute atomic E-state index is 0.0451. The average molecular weight is 391 g/mol. The minimum Gasteiger partial charge on any atom is -0.468 e. The van der Waals surface area contributed by atoms with E-state index in [0.717, 1.165) is 20.6 Å². The molecule has 4 rings (SSSR count). The molecule has 1 atom stereocenters. The standard InChI is InChI=1S/C22H17NO4S/c1-27-22(26)19(28-16-11-10-14-6-2-3-7-15(14)12-16)13-23-20(24)17-8-4-5-9-18(17)21(23)25/h2-12,19H,13H2,1H3. The number of imide groups is 1. The predicted molar refractivity (Wildman–Crippen MR) is 107 cm³/mol. The zero-order valence-corrected chi connectivity index (χ0v) is 15.9. The van der Waals surface area contributed by atoms with E-state index in [0.29, 0.717) is 11.1 Å². The molecule has 3 aromatic carbocycles. The number of esters is 1. The minimum atomic E-state index is -0.714. The maximum absolute atomic E-state index is 12.6. The molecular weight excluding hydrogens is 374 g/mol. The van der Waals surface area contributed by atoms with Crippen LogP contribution in [0.15, 0.2) is 71.6 Å². The van der Waals surface area contributed by atoms with Gasteiger partial charge in [0.05, 0.1) is 24.8 Å². The second-order valence-corrected chi connectivity index (χ2v) is 7.68. The molecule has 0 N–H and O–H groups in total. The zero-order chi connectivity index (χ0) is 19.7. The molecule has 0 saturated carbocycles. The van der Waals surface area contributed by atoms with Gasteiger partial charge in [-0.3, -0.25) is 19.3 Å². The summed E-state index contributed by atoms with van der Waals surface area (Å²) in [4.78, 5) is 39.6. The van der Waals surface area contributed by atoms with E-state index in [2.05, 4.69) is 0 Å². The first kappa shape index (κ1) is 18.3. The van der Waals surface area contributed by atoms with Gasteiger partial charge in [-0.25, -0.2) is 0 Å². The number of benzene rings is 3. The first-order valence-corrected chi connectivity index (χ1v) is 9.65. The van der Waals surface area contributed by atoms with E-state index in [9.17, 15) is 14.4 Å². The molecule has 5 nitrogen and oxygen atoms in total. The molecule has 1 aliphatic heterocycles. The molecule has 0 fully saturated rings. The van der Waals surface area contributed by atoms with Crippen molar-refractivity contribution in [1.82, 2.24) is 4.90 Å². The fourth-order valence-electron chi connectivity index (χ4n) is 3.27. The zero-order valence-electron chi connectivity index (χ0n) is 15.1. The molecule has 0 spiro atoms. The van der Waals surface area contributed by atoms with Crippen molar-refractivity contribution >= 4 is 40.3 Å². The van der Waals surface area contributed by atoms with Crippen molar-refractivity contribution in [3.05, 3.63) is 77.9 Å². The van der Waals surface area contributed by atoms with E-state index in [-0.39, 0.29) is 18.4 Å². The Hall–Kier alpha value is -3.12. The van der Waals surface area contributed by atoms with Crippen LogP contribution in [0.3, 0.4) is 0 Å². The van der Waals surface area contributed by atoms with E-state index in [1.165, 1.54) is 18.9 Å². The van der Waals surface area contributed by atoms with Crippen molar-refractivity contribution in [2.24, 2.45) is 0 Å². The molecule has 0 bridgehead atoms. The normalized spacial score (nSPS) is 14.2. The van der Waals surface area contributed by atoms with E-state index < -0.39 is 11.2 Å². The highest BCUT2D eigenvalue weighted by Crippen LogP contribution is 2.30. The van der Waals surface area contributed by atoms with Gasteiger partial charge in [-0.05, 0) is 35.0 Å². The Kier molecular flexibility index (Phi) is 4.88. The Morgan fingerprint density at radius 2 is 1.54 bits per heavy atom. The molecule has 140 valence electrons. The highest BCUT2D eigenvalue weighted by Gasteiger charge is 2.38. The molecule has 6 heteroatoms. The number of rotatable bonds is 5. The van der Waals surface area contributed by atoms with Gasteiger partial charge in [0.2, 0.25) is 0 Å². The lowest BCUT2D eigenvalue weighted by Gasteiger charge is -2.20. The van der Waals surface area contributed by atoms with Crippen LogP contribution in [0.1, 0.15) is 20.7 Å². The van der Waals surface area contributed by atoms with E-state index >= 15 is 0 Å². The van der Waals surface area contributed by atoms with Crippen LogP contribution in [0, 0.1) is 0 Å². The lowest BCUT2D eigenvalue weighted by Crippen LogP contribution is -2.39. The number of fused-ring (bicyclic) bond motifs is 2. The van der Waals surface area contributed by atoms with E-state index in [4.69, 9.17) is 4.74 Å². The number of hydrogen-bond acceptors (Lipinski definition) is 5. The van der Waals surface area contributed by atoms with Crippen LogP contribution >= 0.6 is 11.8 Å². The van der Waals surface area contributed by atoms with Gasteiger partial charge in [0.25, 0.3) is 11.8 Å². The fraction of sp³-hybridized carbons (Fsp3) is 0.136. The SMILES string of the molecule is COC(=O)C(CN1C(=O)c2ccccc2C1=O)Sc1ccc2ccccc2c1. The van der Waals surface area contributed by atoms with Gasteiger partial charge in [-0.15, -0.1) is 11.8 Å². The van der Waals surface area contributed by atoms with Crippen LogP contribution in [0.2, 0.25) is 0 Å². The average Bonchev–Trinajstić information content (AvgIpc) is 2.97. The van der Waals surface area contributed by atoms with Crippen LogP contribution < -0.4 is 0 Å². The molecular formula is C22H17NO4S. The van der Waals surface area contributed by atoms with Crippen LogP contribution in [-0.2, 0) is 9.53 Å². The summed E-state index contributed by atoms with van der Waals surface area (Å²) in [6, 6.07) is 20.5. The quantitative estimate of drug-likeness (QED) is 0.376. The van der Waals surface area contributed by atoms with Crippen LogP contribution in [0.25, 0.3) is 10.8 Å². The summed E-state index contributed by atoms with van der Waals surface area (Å²) in [7, 11) is 1.30. The summed E-state index contributed by atoms with van der Waals surface area (Å²) in [6.45, 7) is -0.0451. The Morgan fingerprint density at radius 3 is 2.18 bits per heavy atom. The number of methoxy groups -OCH3 is 1. The van der Waals surface area contributed by atoms with Gasteiger partial charge in [0.15, 0.2) is 0 Å². The molecule has 0 aliphatic carbocycles. The first-order chi connectivity index (χ1) is 13.6. The van der Waals surface area contributed by atoms with Gasteiger partial charge in [-0.1, -0.05) is 42.5 Å². The summed E-state index contributed by atoms with van der Waals surface area (Å²) < 4.78 is 4.92. The lowest BCUT2D eigenvalue weighted by molar-refractivity contribution is -0.140.